The molecule has 0 bridgehead atoms. The molecule has 6 nitrogen and oxygen atoms in total. The average Bonchev–Trinajstić information content (AvgIpc) is 2.85. The standard InChI is InChI=1S/C22H35BN2O4Si/c1-20(2,3)30(9,10)27-14-15-11-16(23-28-21(4,5)22(6,7)29-23)19-17(12-15)25-18(26-8)13-24-19/h11-13H,14H2,1-10H3. The number of aromatic nitrogens is 2. The molecule has 0 N–H and O–H groups in total. The third kappa shape index (κ3) is 4.28. The van der Waals surface area contributed by atoms with Crippen LogP contribution in [0.5, 0.6) is 5.88 Å². The maximum absolute atomic E-state index is 6.46. The Morgan fingerprint density at radius 1 is 1.07 bits per heavy atom. The van der Waals surface area contributed by atoms with Crippen LogP contribution in [0.1, 0.15) is 54.0 Å². The first-order valence-corrected chi connectivity index (χ1v) is 13.4. The molecule has 0 saturated carbocycles. The zero-order chi connectivity index (χ0) is 22.5. The first kappa shape index (κ1) is 23.2. The monoisotopic (exact) mass is 430 g/mol. The molecule has 30 heavy (non-hydrogen) atoms. The number of hydrogen-bond acceptors (Lipinski definition) is 6. The van der Waals surface area contributed by atoms with Gasteiger partial charge in [0.2, 0.25) is 5.88 Å². The highest BCUT2D eigenvalue weighted by atomic mass is 28.4. The van der Waals surface area contributed by atoms with Gasteiger partial charge in [-0.3, -0.25) is 0 Å². The Hall–Kier alpha value is -1.48. The van der Waals surface area contributed by atoms with E-state index in [-0.39, 0.29) is 5.04 Å². The topological polar surface area (TPSA) is 62.7 Å². The molecule has 1 aromatic carbocycles. The number of fused-ring (bicyclic) bond motifs is 1. The van der Waals surface area contributed by atoms with Crippen molar-refractivity contribution in [2.75, 3.05) is 7.11 Å². The number of benzene rings is 1. The highest BCUT2D eigenvalue weighted by molar-refractivity contribution is 6.74. The summed E-state index contributed by atoms with van der Waals surface area (Å²) in [5.41, 5.74) is 2.53. The Labute approximate surface area is 182 Å². The fourth-order valence-corrected chi connectivity index (χ4v) is 3.97. The minimum atomic E-state index is -1.89. The summed E-state index contributed by atoms with van der Waals surface area (Å²) < 4.78 is 24.4. The van der Waals surface area contributed by atoms with Crippen LogP contribution in [-0.2, 0) is 20.3 Å². The fourth-order valence-electron chi connectivity index (χ4n) is 3.01. The van der Waals surface area contributed by atoms with Crippen molar-refractivity contribution in [3.05, 3.63) is 23.9 Å². The number of methoxy groups -OCH3 is 1. The highest BCUT2D eigenvalue weighted by Crippen LogP contribution is 2.38. The molecule has 2 aromatic rings. The van der Waals surface area contributed by atoms with E-state index in [1.54, 1.807) is 13.3 Å². The molecule has 0 spiro atoms. The summed E-state index contributed by atoms with van der Waals surface area (Å²) in [4.78, 5) is 9.21. The second-order valence-electron chi connectivity index (χ2n) is 10.6. The number of ether oxygens (including phenoxy) is 1. The van der Waals surface area contributed by atoms with Crippen molar-refractivity contribution in [3.63, 3.8) is 0 Å². The summed E-state index contributed by atoms with van der Waals surface area (Å²) in [6.45, 7) is 19.9. The van der Waals surface area contributed by atoms with Gasteiger partial charge in [-0.05, 0) is 57.5 Å². The van der Waals surface area contributed by atoms with Crippen molar-refractivity contribution in [2.45, 2.75) is 84.4 Å². The zero-order valence-electron chi connectivity index (χ0n) is 20.0. The van der Waals surface area contributed by atoms with Gasteiger partial charge in [-0.25, -0.2) is 9.97 Å². The molecular formula is C22H35BN2O4Si. The Balaban J connectivity index is 2.03. The van der Waals surface area contributed by atoms with Gasteiger partial charge in [0.05, 0.1) is 42.1 Å². The van der Waals surface area contributed by atoms with Crippen molar-refractivity contribution >= 4 is 31.9 Å². The lowest BCUT2D eigenvalue weighted by Crippen LogP contribution is -2.41. The molecule has 1 aliphatic rings. The lowest BCUT2D eigenvalue weighted by Gasteiger charge is -2.36. The third-order valence-electron chi connectivity index (χ3n) is 6.84. The molecule has 1 aromatic heterocycles. The van der Waals surface area contributed by atoms with Gasteiger partial charge in [0.25, 0.3) is 0 Å². The van der Waals surface area contributed by atoms with E-state index >= 15 is 0 Å². The predicted molar refractivity (Wildman–Crippen MR) is 124 cm³/mol. The van der Waals surface area contributed by atoms with Crippen LogP contribution in [0.4, 0.5) is 0 Å². The molecule has 1 aliphatic heterocycles. The Morgan fingerprint density at radius 2 is 1.67 bits per heavy atom. The van der Waals surface area contributed by atoms with E-state index < -0.39 is 26.6 Å². The first-order chi connectivity index (χ1) is 13.7. The molecule has 0 amide bonds. The molecule has 1 fully saturated rings. The van der Waals surface area contributed by atoms with Crippen molar-refractivity contribution in [2.24, 2.45) is 0 Å². The normalized spacial score (nSPS) is 18.8. The SMILES string of the molecule is COc1cnc2c(B3OC(C)(C)C(C)(C)O3)cc(CO[Si](C)(C)C(C)(C)C)cc2n1. The van der Waals surface area contributed by atoms with E-state index in [2.05, 4.69) is 49.9 Å². The van der Waals surface area contributed by atoms with Crippen LogP contribution >= 0.6 is 0 Å². The summed E-state index contributed by atoms with van der Waals surface area (Å²) in [7, 11) is -0.819. The Kier molecular flexibility index (Phi) is 5.86. The summed E-state index contributed by atoms with van der Waals surface area (Å²) in [5.74, 6) is 0.477. The molecule has 1 saturated heterocycles. The first-order valence-electron chi connectivity index (χ1n) is 10.5. The van der Waals surface area contributed by atoms with E-state index in [9.17, 15) is 0 Å². The summed E-state index contributed by atoms with van der Waals surface area (Å²) in [6.07, 6.45) is 1.63. The molecule has 0 unspecified atom stereocenters. The molecule has 2 heterocycles. The van der Waals surface area contributed by atoms with E-state index in [1.807, 2.05) is 33.8 Å². The van der Waals surface area contributed by atoms with E-state index in [4.69, 9.17) is 18.5 Å². The Bertz CT molecular complexity index is 925. The molecule has 3 rings (SSSR count). The highest BCUT2D eigenvalue weighted by Gasteiger charge is 2.52. The van der Waals surface area contributed by atoms with Crippen LogP contribution in [-0.4, -0.2) is 43.7 Å². The molecule has 0 aliphatic carbocycles. The maximum Gasteiger partial charge on any atom is 0.497 e. The summed E-state index contributed by atoms with van der Waals surface area (Å²) in [5, 5.41) is 0.140. The van der Waals surface area contributed by atoms with Gasteiger partial charge >= 0.3 is 7.12 Å². The molecule has 0 atom stereocenters. The van der Waals surface area contributed by atoms with Crippen LogP contribution in [0.15, 0.2) is 18.3 Å². The summed E-state index contributed by atoms with van der Waals surface area (Å²) >= 11 is 0. The quantitative estimate of drug-likeness (QED) is 0.653. The minimum absolute atomic E-state index is 0.140. The fraction of sp³-hybridized carbons (Fsp3) is 0.636. The second-order valence-corrected chi connectivity index (χ2v) is 15.4. The van der Waals surface area contributed by atoms with Gasteiger partial charge < -0.3 is 18.5 Å². The predicted octanol–water partition coefficient (Wildman–Crippen LogP) is 4.46. The lowest BCUT2D eigenvalue weighted by atomic mass is 9.77. The zero-order valence-corrected chi connectivity index (χ0v) is 21.0. The molecule has 164 valence electrons. The average molecular weight is 430 g/mol. The van der Waals surface area contributed by atoms with Crippen LogP contribution < -0.4 is 10.2 Å². The van der Waals surface area contributed by atoms with Crippen molar-refractivity contribution in [1.82, 2.24) is 9.97 Å². The number of rotatable bonds is 5. The number of nitrogens with zero attached hydrogens (tertiary/aromatic N) is 2. The van der Waals surface area contributed by atoms with Gasteiger partial charge in [-0.2, -0.15) is 0 Å². The van der Waals surface area contributed by atoms with Gasteiger partial charge in [0, 0.05) is 5.46 Å². The number of hydrogen-bond donors (Lipinski definition) is 0. The van der Waals surface area contributed by atoms with Crippen LogP contribution in [0, 0.1) is 0 Å². The van der Waals surface area contributed by atoms with Crippen LogP contribution in [0.3, 0.4) is 0 Å². The van der Waals surface area contributed by atoms with E-state index in [0.717, 1.165) is 22.1 Å². The smallest absolute Gasteiger partial charge is 0.480 e. The van der Waals surface area contributed by atoms with Crippen molar-refractivity contribution < 1.29 is 18.5 Å². The summed E-state index contributed by atoms with van der Waals surface area (Å²) in [6, 6.07) is 4.10. The maximum atomic E-state index is 6.46. The van der Waals surface area contributed by atoms with Crippen molar-refractivity contribution in [3.8, 4) is 5.88 Å². The third-order valence-corrected chi connectivity index (χ3v) is 11.3. The van der Waals surface area contributed by atoms with Gasteiger partial charge in [-0.1, -0.05) is 26.8 Å². The molecule has 0 radical (unpaired) electrons. The van der Waals surface area contributed by atoms with Crippen molar-refractivity contribution in [1.29, 1.82) is 0 Å². The Morgan fingerprint density at radius 3 is 2.20 bits per heavy atom. The van der Waals surface area contributed by atoms with Gasteiger partial charge in [0.15, 0.2) is 8.32 Å². The van der Waals surface area contributed by atoms with Gasteiger partial charge in [-0.15, -0.1) is 0 Å². The minimum Gasteiger partial charge on any atom is -0.480 e. The molecule has 8 heteroatoms. The largest absolute Gasteiger partial charge is 0.497 e. The van der Waals surface area contributed by atoms with Gasteiger partial charge in [0.1, 0.15) is 0 Å². The van der Waals surface area contributed by atoms with Crippen LogP contribution in [0.2, 0.25) is 18.1 Å². The second kappa shape index (κ2) is 7.58. The molecular weight excluding hydrogens is 395 g/mol. The lowest BCUT2D eigenvalue weighted by molar-refractivity contribution is 0.00578. The van der Waals surface area contributed by atoms with E-state index in [1.165, 1.54) is 0 Å². The van der Waals surface area contributed by atoms with Crippen LogP contribution in [0.25, 0.3) is 11.0 Å². The van der Waals surface area contributed by atoms with E-state index in [0.29, 0.717) is 12.5 Å².